The Morgan fingerprint density at radius 2 is 2.08 bits per heavy atom. The van der Waals surface area contributed by atoms with E-state index in [2.05, 4.69) is 37.3 Å². The summed E-state index contributed by atoms with van der Waals surface area (Å²) in [5.41, 5.74) is 1.44. The maximum Gasteiger partial charge on any atom is 0.0666 e. The van der Waals surface area contributed by atoms with Gasteiger partial charge in [-0.25, -0.2) is 0 Å². The maximum atomic E-state index is 5.54. The predicted molar refractivity (Wildman–Crippen MR) is 53.8 cm³/mol. The van der Waals surface area contributed by atoms with E-state index in [9.17, 15) is 0 Å². The van der Waals surface area contributed by atoms with Crippen LogP contribution in [0.3, 0.4) is 0 Å². The summed E-state index contributed by atoms with van der Waals surface area (Å²) in [6.07, 6.45) is 2.89. The quantitative estimate of drug-likeness (QED) is 0.688. The lowest BCUT2D eigenvalue weighted by atomic mass is 9.87. The van der Waals surface area contributed by atoms with Crippen LogP contribution in [0.5, 0.6) is 0 Å². The Hall–Kier alpha value is -0.820. The first-order chi connectivity index (χ1) is 6.42. The highest BCUT2D eigenvalue weighted by Gasteiger charge is 2.31. The van der Waals surface area contributed by atoms with Gasteiger partial charge in [-0.1, -0.05) is 43.7 Å². The summed E-state index contributed by atoms with van der Waals surface area (Å²) in [5, 5.41) is 0. The van der Waals surface area contributed by atoms with E-state index >= 15 is 0 Å². The second-order valence-electron chi connectivity index (χ2n) is 3.68. The Kier molecular flexibility index (Phi) is 2.65. The highest BCUT2D eigenvalue weighted by molar-refractivity contribution is 5.22. The average Bonchev–Trinajstić information content (AvgIpc) is 2.14. The fourth-order valence-electron chi connectivity index (χ4n) is 1.91. The maximum absolute atomic E-state index is 5.54. The first kappa shape index (κ1) is 8.76. The van der Waals surface area contributed by atoms with Crippen molar-refractivity contribution in [2.45, 2.75) is 31.8 Å². The van der Waals surface area contributed by atoms with Crippen molar-refractivity contribution in [2.75, 3.05) is 6.61 Å². The molecule has 1 nitrogen and oxygen atoms in total. The lowest BCUT2D eigenvalue weighted by Gasteiger charge is -2.37. The Bertz CT molecular complexity index is 255. The summed E-state index contributed by atoms with van der Waals surface area (Å²) < 4.78 is 5.54. The van der Waals surface area contributed by atoms with Gasteiger partial charge in [-0.3, -0.25) is 0 Å². The van der Waals surface area contributed by atoms with Crippen LogP contribution in [0.4, 0.5) is 0 Å². The van der Waals surface area contributed by atoms with Crippen LogP contribution in [0.15, 0.2) is 30.3 Å². The topological polar surface area (TPSA) is 9.23 Å². The molecule has 0 spiro atoms. The zero-order chi connectivity index (χ0) is 9.10. The summed E-state index contributed by atoms with van der Waals surface area (Å²) in [5.74, 6) is 0.654. The molecule has 2 atom stereocenters. The summed E-state index contributed by atoms with van der Waals surface area (Å²) in [7, 11) is 0. The smallest absolute Gasteiger partial charge is 0.0666 e. The second-order valence-corrected chi connectivity index (χ2v) is 3.68. The van der Waals surface area contributed by atoms with Crippen LogP contribution in [0.2, 0.25) is 0 Å². The van der Waals surface area contributed by atoms with Crippen LogP contribution in [0.1, 0.15) is 31.2 Å². The number of benzene rings is 1. The lowest BCUT2D eigenvalue weighted by Crippen LogP contribution is -2.37. The molecular weight excluding hydrogens is 160 g/mol. The highest BCUT2D eigenvalue weighted by Crippen LogP contribution is 2.33. The molecule has 2 rings (SSSR count). The zero-order valence-electron chi connectivity index (χ0n) is 8.07. The lowest BCUT2D eigenvalue weighted by molar-refractivity contribution is -0.0806. The molecule has 0 amide bonds. The van der Waals surface area contributed by atoms with Crippen molar-refractivity contribution in [1.82, 2.24) is 0 Å². The molecule has 0 bridgehead atoms. The molecule has 2 unspecified atom stereocenters. The van der Waals surface area contributed by atoms with Crippen molar-refractivity contribution in [1.29, 1.82) is 0 Å². The summed E-state index contributed by atoms with van der Waals surface area (Å²) in [6, 6.07) is 10.7. The summed E-state index contributed by atoms with van der Waals surface area (Å²) >= 11 is 0. The predicted octanol–water partition coefficient (Wildman–Crippen LogP) is 2.97. The molecule has 1 fully saturated rings. The van der Waals surface area contributed by atoms with Gasteiger partial charge >= 0.3 is 0 Å². The normalized spacial score (nSPS) is 26.8. The summed E-state index contributed by atoms with van der Waals surface area (Å²) in [4.78, 5) is 0. The third-order valence-corrected chi connectivity index (χ3v) is 2.74. The fraction of sp³-hybridized carbons (Fsp3) is 0.500. The largest absolute Gasteiger partial charge is 0.377 e. The third-order valence-electron chi connectivity index (χ3n) is 2.74. The molecule has 0 saturated carbocycles. The third kappa shape index (κ3) is 1.75. The van der Waals surface area contributed by atoms with E-state index in [1.807, 2.05) is 0 Å². The molecule has 0 radical (unpaired) electrons. The molecule has 1 aromatic rings. The van der Waals surface area contributed by atoms with Crippen molar-refractivity contribution in [3.05, 3.63) is 35.9 Å². The van der Waals surface area contributed by atoms with Crippen molar-refractivity contribution in [3.8, 4) is 0 Å². The van der Waals surface area contributed by atoms with Crippen LogP contribution in [-0.2, 0) is 4.74 Å². The molecule has 1 aliphatic heterocycles. The minimum Gasteiger partial charge on any atom is -0.377 e. The zero-order valence-corrected chi connectivity index (χ0v) is 8.07. The van der Waals surface area contributed by atoms with Crippen LogP contribution in [-0.4, -0.2) is 12.7 Å². The minimum atomic E-state index is 0.479. The van der Waals surface area contributed by atoms with Gasteiger partial charge in [-0.15, -0.1) is 0 Å². The number of hydrogen-bond acceptors (Lipinski definition) is 1. The van der Waals surface area contributed by atoms with E-state index in [4.69, 9.17) is 4.74 Å². The Morgan fingerprint density at radius 3 is 2.62 bits per heavy atom. The number of rotatable bonds is 3. The molecule has 1 heteroatoms. The van der Waals surface area contributed by atoms with E-state index < -0.39 is 0 Å². The van der Waals surface area contributed by atoms with Gasteiger partial charge in [0, 0.05) is 5.92 Å². The SMILES string of the molecule is CCCC1OCC1c1ccccc1. The molecule has 1 aliphatic rings. The van der Waals surface area contributed by atoms with E-state index in [0.717, 1.165) is 6.61 Å². The summed E-state index contributed by atoms with van der Waals surface area (Å²) in [6.45, 7) is 3.12. The first-order valence-corrected chi connectivity index (χ1v) is 5.08. The average molecular weight is 176 g/mol. The molecule has 70 valence electrons. The molecule has 0 N–H and O–H groups in total. The number of ether oxygens (including phenoxy) is 1. The van der Waals surface area contributed by atoms with Gasteiger partial charge in [0.05, 0.1) is 12.7 Å². The molecule has 1 heterocycles. The highest BCUT2D eigenvalue weighted by atomic mass is 16.5. The monoisotopic (exact) mass is 176 g/mol. The van der Waals surface area contributed by atoms with Crippen LogP contribution >= 0.6 is 0 Å². The fourth-order valence-corrected chi connectivity index (χ4v) is 1.91. The van der Waals surface area contributed by atoms with E-state index in [-0.39, 0.29) is 0 Å². The van der Waals surface area contributed by atoms with E-state index in [1.54, 1.807) is 0 Å². The van der Waals surface area contributed by atoms with Crippen molar-refractivity contribution < 1.29 is 4.74 Å². The van der Waals surface area contributed by atoms with Crippen molar-refractivity contribution >= 4 is 0 Å². The minimum absolute atomic E-state index is 0.479. The standard InChI is InChI=1S/C12H16O/c1-2-6-12-11(9-13-12)10-7-4-3-5-8-10/h3-5,7-8,11-12H,2,6,9H2,1H3. The van der Waals surface area contributed by atoms with Crippen molar-refractivity contribution in [2.24, 2.45) is 0 Å². The Balaban J connectivity index is 2.02. The van der Waals surface area contributed by atoms with Gasteiger partial charge in [0.25, 0.3) is 0 Å². The van der Waals surface area contributed by atoms with Gasteiger partial charge in [0.1, 0.15) is 0 Å². The van der Waals surface area contributed by atoms with Gasteiger partial charge < -0.3 is 4.74 Å². The molecular formula is C12H16O. The Labute approximate surface area is 79.7 Å². The van der Waals surface area contributed by atoms with Crippen molar-refractivity contribution in [3.63, 3.8) is 0 Å². The van der Waals surface area contributed by atoms with E-state index in [0.29, 0.717) is 12.0 Å². The molecule has 0 aliphatic carbocycles. The molecule has 1 aromatic carbocycles. The van der Waals surface area contributed by atoms with E-state index in [1.165, 1.54) is 18.4 Å². The molecule has 13 heavy (non-hydrogen) atoms. The van der Waals surface area contributed by atoms with Gasteiger partial charge in [0.15, 0.2) is 0 Å². The van der Waals surface area contributed by atoms with Crippen LogP contribution in [0, 0.1) is 0 Å². The van der Waals surface area contributed by atoms with Gasteiger partial charge in [-0.05, 0) is 12.0 Å². The molecule has 1 saturated heterocycles. The van der Waals surface area contributed by atoms with Gasteiger partial charge in [0.2, 0.25) is 0 Å². The first-order valence-electron chi connectivity index (χ1n) is 5.08. The Morgan fingerprint density at radius 1 is 1.31 bits per heavy atom. The number of hydrogen-bond donors (Lipinski definition) is 0. The molecule has 0 aromatic heterocycles. The second kappa shape index (κ2) is 3.93. The van der Waals surface area contributed by atoms with Gasteiger partial charge in [-0.2, -0.15) is 0 Å². The van der Waals surface area contributed by atoms with Crippen LogP contribution < -0.4 is 0 Å². The van der Waals surface area contributed by atoms with Crippen LogP contribution in [0.25, 0.3) is 0 Å².